The second kappa shape index (κ2) is 7.17. The van der Waals surface area contributed by atoms with E-state index in [4.69, 9.17) is 5.73 Å². The number of carbonyl (C=O) groups is 1. The minimum Gasteiger partial charge on any atom is -0.356 e. The van der Waals surface area contributed by atoms with Crippen LogP contribution in [0.5, 0.6) is 0 Å². The summed E-state index contributed by atoms with van der Waals surface area (Å²) < 4.78 is 0. The Morgan fingerprint density at radius 1 is 1.39 bits per heavy atom. The lowest BCUT2D eigenvalue weighted by atomic mass is 9.89. The third-order valence-corrected chi connectivity index (χ3v) is 3.25. The molecule has 0 aromatic heterocycles. The van der Waals surface area contributed by atoms with Crippen molar-refractivity contribution in [2.75, 3.05) is 13.1 Å². The third kappa shape index (κ3) is 4.15. The summed E-state index contributed by atoms with van der Waals surface area (Å²) in [7, 11) is 0. The zero-order valence-corrected chi connectivity index (χ0v) is 11.6. The van der Waals surface area contributed by atoms with Crippen LogP contribution in [-0.4, -0.2) is 19.0 Å². The summed E-state index contributed by atoms with van der Waals surface area (Å²) in [6, 6.07) is 6.42. The first-order chi connectivity index (χ1) is 8.58. The van der Waals surface area contributed by atoms with Gasteiger partial charge in [0.25, 0.3) is 0 Å². The highest BCUT2D eigenvalue weighted by Gasteiger charge is 2.14. The number of nitrogens with one attached hydrogen (secondary N) is 1. The fourth-order valence-corrected chi connectivity index (χ4v) is 2.19. The first-order valence-electron chi connectivity index (χ1n) is 6.62. The van der Waals surface area contributed by atoms with Crippen LogP contribution in [-0.2, 0) is 4.79 Å². The van der Waals surface area contributed by atoms with Crippen molar-refractivity contribution in [3.8, 4) is 0 Å². The molecular formula is C15H24N2O. The van der Waals surface area contributed by atoms with Crippen LogP contribution in [0, 0.1) is 13.8 Å². The number of carbonyl (C=O) groups excluding carboxylic acids is 1. The molecule has 1 atom stereocenters. The molecule has 1 amide bonds. The number of aryl methyl sites for hydroxylation is 2. The molecule has 3 N–H and O–H groups in total. The lowest BCUT2D eigenvalue weighted by Gasteiger charge is -2.18. The van der Waals surface area contributed by atoms with E-state index in [-0.39, 0.29) is 11.8 Å². The zero-order valence-electron chi connectivity index (χ0n) is 11.6. The van der Waals surface area contributed by atoms with Crippen molar-refractivity contribution in [3.63, 3.8) is 0 Å². The van der Waals surface area contributed by atoms with Gasteiger partial charge in [0.1, 0.15) is 0 Å². The van der Waals surface area contributed by atoms with Crippen molar-refractivity contribution < 1.29 is 4.79 Å². The highest BCUT2D eigenvalue weighted by Crippen LogP contribution is 2.24. The van der Waals surface area contributed by atoms with Crippen molar-refractivity contribution in [2.45, 2.75) is 39.5 Å². The number of hydrogen-bond acceptors (Lipinski definition) is 2. The summed E-state index contributed by atoms with van der Waals surface area (Å²) in [6.45, 7) is 7.40. The number of hydrogen-bond donors (Lipinski definition) is 2. The van der Waals surface area contributed by atoms with Crippen molar-refractivity contribution in [2.24, 2.45) is 5.73 Å². The van der Waals surface area contributed by atoms with Gasteiger partial charge < -0.3 is 11.1 Å². The van der Waals surface area contributed by atoms with E-state index >= 15 is 0 Å². The lowest BCUT2D eigenvalue weighted by Crippen LogP contribution is -2.24. The van der Waals surface area contributed by atoms with Gasteiger partial charge in [-0.05, 0) is 50.8 Å². The maximum absolute atomic E-state index is 11.5. The van der Waals surface area contributed by atoms with Gasteiger partial charge in [0.05, 0.1) is 0 Å². The Morgan fingerprint density at radius 3 is 2.72 bits per heavy atom. The van der Waals surface area contributed by atoms with Crippen molar-refractivity contribution in [1.82, 2.24) is 5.32 Å². The average molecular weight is 248 g/mol. The van der Waals surface area contributed by atoms with Gasteiger partial charge in [0.2, 0.25) is 5.91 Å². The Morgan fingerprint density at radius 2 is 2.11 bits per heavy atom. The molecule has 0 radical (unpaired) electrons. The highest BCUT2D eigenvalue weighted by atomic mass is 16.1. The molecule has 0 fully saturated rings. The molecule has 1 rings (SSSR count). The fraction of sp³-hybridized carbons (Fsp3) is 0.533. The molecule has 18 heavy (non-hydrogen) atoms. The van der Waals surface area contributed by atoms with E-state index in [2.05, 4.69) is 37.4 Å². The van der Waals surface area contributed by atoms with Gasteiger partial charge in [0, 0.05) is 13.0 Å². The molecule has 0 aliphatic carbocycles. The molecule has 1 aromatic carbocycles. The summed E-state index contributed by atoms with van der Waals surface area (Å²) in [5, 5.41) is 2.82. The predicted octanol–water partition coefficient (Wildman–Crippen LogP) is 2.26. The molecule has 0 saturated carbocycles. The number of rotatable bonds is 6. The fourth-order valence-electron chi connectivity index (χ4n) is 2.19. The van der Waals surface area contributed by atoms with E-state index in [1.807, 2.05) is 6.92 Å². The molecule has 0 heterocycles. The molecule has 0 aliphatic rings. The van der Waals surface area contributed by atoms with E-state index in [0.29, 0.717) is 19.5 Å². The Bertz CT molecular complexity index is 401. The zero-order chi connectivity index (χ0) is 13.5. The van der Waals surface area contributed by atoms with Crippen molar-refractivity contribution >= 4 is 5.91 Å². The topological polar surface area (TPSA) is 55.1 Å². The smallest absolute Gasteiger partial charge is 0.220 e. The largest absolute Gasteiger partial charge is 0.356 e. The molecule has 3 heteroatoms. The summed E-state index contributed by atoms with van der Waals surface area (Å²) in [5.41, 5.74) is 9.63. The highest BCUT2D eigenvalue weighted by molar-refractivity contribution is 5.75. The van der Waals surface area contributed by atoms with Gasteiger partial charge in [-0.25, -0.2) is 0 Å². The molecular weight excluding hydrogens is 224 g/mol. The van der Waals surface area contributed by atoms with Crippen LogP contribution >= 0.6 is 0 Å². The van der Waals surface area contributed by atoms with E-state index in [9.17, 15) is 4.79 Å². The van der Waals surface area contributed by atoms with Crippen LogP contribution in [0.2, 0.25) is 0 Å². The summed E-state index contributed by atoms with van der Waals surface area (Å²) in [6.07, 6.45) is 1.36. The summed E-state index contributed by atoms with van der Waals surface area (Å²) in [5.74, 6) is 0.383. The first-order valence-corrected chi connectivity index (χ1v) is 6.62. The van der Waals surface area contributed by atoms with Crippen LogP contribution in [0.1, 0.15) is 42.4 Å². The summed E-state index contributed by atoms with van der Waals surface area (Å²) in [4.78, 5) is 11.5. The molecule has 0 spiro atoms. The first kappa shape index (κ1) is 14.7. The van der Waals surface area contributed by atoms with Crippen LogP contribution < -0.4 is 11.1 Å². The minimum atomic E-state index is 0.112. The van der Waals surface area contributed by atoms with Crippen LogP contribution in [0.3, 0.4) is 0 Å². The van der Waals surface area contributed by atoms with Gasteiger partial charge in [-0.2, -0.15) is 0 Å². The molecule has 100 valence electrons. The van der Waals surface area contributed by atoms with Crippen molar-refractivity contribution in [3.05, 3.63) is 34.9 Å². The Labute approximate surface area is 110 Å². The molecule has 0 aliphatic heterocycles. The minimum absolute atomic E-state index is 0.112. The average Bonchev–Trinajstić information content (AvgIpc) is 2.34. The monoisotopic (exact) mass is 248 g/mol. The lowest BCUT2D eigenvalue weighted by molar-refractivity contribution is -0.121. The van der Waals surface area contributed by atoms with Gasteiger partial charge in [-0.1, -0.05) is 23.8 Å². The predicted molar refractivity (Wildman–Crippen MR) is 75.6 cm³/mol. The Kier molecular flexibility index (Phi) is 5.86. The maximum Gasteiger partial charge on any atom is 0.220 e. The number of nitrogens with two attached hydrogens (primary N) is 1. The van der Waals surface area contributed by atoms with Crippen molar-refractivity contribution in [1.29, 1.82) is 0 Å². The summed E-state index contributed by atoms with van der Waals surface area (Å²) >= 11 is 0. The number of benzene rings is 1. The van der Waals surface area contributed by atoms with Gasteiger partial charge >= 0.3 is 0 Å². The van der Waals surface area contributed by atoms with Crippen LogP contribution in [0.4, 0.5) is 0 Å². The Balaban J connectivity index is 2.71. The molecule has 0 saturated heterocycles. The standard InChI is InChI=1S/C15H24N2O/c1-4-17-15(18)8-7-13(10-16)14-9-11(2)5-6-12(14)3/h5-6,9,13H,4,7-8,10,16H2,1-3H3,(H,17,18). The maximum atomic E-state index is 11.5. The quantitative estimate of drug-likeness (QED) is 0.811. The van der Waals surface area contributed by atoms with E-state index in [0.717, 1.165) is 6.42 Å². The third-order valence-electron chi connectivity index (χ3n) is 3.25. The van der Waals surface area contributed by atoms with Crippen LogP contribution in [0.25, 0.3) is 0 Å². The van der Waals surface area contributed by atoms with E-state index < -0.39 is 0 Å². The van der Waals surface area contributed by atoms with Gasteiger partial charge in [-0.15, -0.1) is 0 Å². The van der Waals surface area contributed by atoms with Gasteiger partial charge in [-0.3, -0.25) is 4.79 Å². The second-order valence-electron chi connectivity index (χ2n) is 4.78. The molecule has 3 nitrogen and oxygen atoms in total. The van der Waals surface area contributed by atoms with E-state index in [1.165, 1.54) is 16.7 Å². The number of amides is 1. The SMILES string of the molecule is CCNC(=O)CCC(CN)c1cc(C)ccc1C. The van der Waals surface area contributed by atoms with Crippen LogP contribution in [0.15, 0.2) is 18.2 Å². The molecule has 0 bridgehead atoms. The second-order valence-corrected chi connectivity index (χ2v) is 4.78. The molecule has 1 unspecified atom stereocenters. The molecule has 1 aromatic rings. The Hall–Kier alpha value is -1.35. The normalized spacial score (nSPS) is 12.2. The van der Waals surface area contributed by atoms with E-state index in [1.54, 1.807) is 0 Å². The van der Waals surface area contributed by atoms with Gasteiger partial charge in [0.15, 0.2) is 0 Å².